The summed E-state index contributed by atoms with van der Waals surface area (Å²) in [5.41, 5.74) is 2.35. The number of hydrogen-bond donors (Lipinski definition) is 0. The Morgan fingerprint density at radius 2 is 2.05 bits per heavy atom. The highest BCUT2D eigenvalue weighted by Gasteiger charge is 2.29. The van der Waals surface area contributed by atoms with Gasteiger partial charge in [-0.15, -0.1) is 0 Å². The van der Waals surface area contributed by atoms with Crippen LogP contribution < -0.4 is 4.74 Å². The third-order valence-corrected chi connectivity index (χ3v) is 3.86. The standard InChI is InChI=1S/C17H19FN2O/c1-2-21-17-8-3-13(11-19-17)12-20-10-9-16(20)14-4-6-15(18)7-5-14/h3-8,11,16H,2,9-10,12H2,1H3/t16-/m0/s1. The number of likely N-dealkylation sites (tertiary alicyclic amines) is 1. The predicted molar refractivity (Wildman–Crippen MR) is 79.6 cm³/mol. The first kappa shape index (κ1) is 14.0. The molecule has 0 aliphatic carbocycles. The van der Waals surface area contributed by atoms with Crippen LogP contribution in [0.5, 0.6) is 5.88 Å². The van der Waals surface area contributed by atoms with Gasteiger partial charge < -0.3 is 4.74 Å². The summed E-state index contributed by atoms with van der Waals surface area (Å²) in [6.45, 7) is 4.50. The van der Waals surface area contributed by atoms with Gasteiger partial charge in [-0.2, -0.15) is 0 Å². The Bertz CT molecular complexity index is 583. The summed E-state index contributed by atoms with van der Waals surface area (Å²) < 4.78 is 18.3. The van der Waals surface area contributed by atoms with E-state index in [1.165, 1.54) is 23.3 Å². The summed E-state index contributed by atoms with van der Waals surface area (Å²) in [6.07, 6.45) is 2.99. The van der Waals surface area contributed by atoms with Crippen molar-refractivity contribution >= 4 is 0 Å². The van der Waals surface area contributed by atoms with Crippen molar-refractivity contribution in [2.45, 2.75) is 25.9 Å². The highest BCUT2D eigenvalue weighted by atomic mass is 19.1. The van der Waals surface area contributed by atoms with Crippen LogP contribution in [0.4, 0.5) is 4.39 Å². The Hall–Kier alpha value is -1.94. The van der Waals surface area contributed by atoms with Crippen LogP contribution >= 0.6 is 0 Å². The molecule has 1 aromatic carbocycles. The molecule has 2 aromatic rings. The van der Waals surface area contributed by atoms with Gasteiger partial charge >= 0.3 is 0 Å². The zero-order valence-electron chi connectivity index (χ0n) is 12.1. The van der Waals surface area contributed by atoms with E-state index in [2.05, 4.69) is 16.0 Å². The summed E-state index contributed by atoms with van der Waals surface area (Å²) in [6, 6.07) is 11.2. The first-order valence-corrected chi connectivity index (χ1v) is 7.33. The van der Waals surface area contributed by atoms with Crippen molar-refractivity contribution in [2.24, 2.45) is 0 Å². The zero-order valence-corrected chi connectivity index (χ0v) is 12.1. The molecule has 1 fully saturated rings. The van der Waals surface area contributed by atoms with E-state index in [9.17, 15) is 4.39 Å². The van der Waals surface area contributed by atoms with Crippen molar-refractivity contribution in [3.63, 3.8) is 0 Å². The van der Waals surface area contributed by atoms with E-state index in [0.29, 0.717) is 18.5 Å². The number of ether oxygens (including phenoxy) is 1. The van der Waals surface area contributed by atoms with Gasteiger partial charge in [0.1, 0.15) is 5.82 Å². The summed E-state index contributed by atoms with van der Waals surface area (Å²) in [7, 11) is 0. The van der Waals surface area contributed by atoms with Gasteiger partial charge in [0.05, 0.1) is 6.61 Å². The van der Waals surface area contributed by atoms with Crippen molar-refractivity contribution < 1.29 is 9.13 Å². The summed E-state index contributed by atoms with van der Waals surface area (Å²) in [5, 5.41) is 0. The van der Waals surface area contributed by atoms with E-state index < -0.39 is 0 Å². The van der Waals surface area contributed by atoms with Crippen LogP contribution in [0.1, 0.15) is 30.5 Å². The molecule has 21 heavy (non-hydrogen) atoms. The summed E-state index contributed by atoms with van der Waals surface area (Å²) >= 11 is 0. The number of pyridine rings is 1. The molecule has 0 spiro atoms. The second kappa shape index (κ2) is 6.22. The Kier molecular flexibility index (Phi) is 4.15. The lowest BCUT2D eigenvalue weighted by molar-refractivity contribution is 0.0817. The molecule has 0 saturated carbocycles. The molecule has 3 rings (SSSR count). The van der Waals surface area contributed by atoms with Gasteiger partial charge in [0.25, 0.3) is 0 Å². The van der Waals surface area contributed by atoms with Crippen molar-refractivity contribution in [1.82, 2.24) is 9.88 Å². The first-order valence-electron chi connectivity index (χ1n) is 7.33. The maximum absolute atomic E-state index is 13.0. The lowest BCUT2D eigenvalue weighted by Crippen LogP contribution is -2.40. The molecule has 1 saturated heterocycles. The molecule has 0 amide bonds. The van der Waals surface area contributed by atoms with E-state index in [-0.39, 0.29) is 5.82 Å². The smallest absolute Gasteiger partial charge is 0.213 e. The van der Waals surface area contributed by atoms with E-state index in [1.807, 2.05) is 31.3 Å². The van der Waals surface area contributed by atoms with E-state index in [1.54, 1.807) is 0 Å². The number of rotatable bonds is 5. The fourth-order valence-corrected chi connectivity index (χ4v) is 2.66. The molecule has 1 aliphatic rings. The molecule has 0 N–H and O–H groups in total. The van der Waals surface area contributed by atoms with E-state index in [4.69, 9.17) is 4.74 Å². The Balaban J connectivity index is 1.63. The molecule has 3 nitrogen and oxygen atoms in total. The molecular weight excluding hydrogens is 267 g/mol. The number of hydrogen-bond acceptors (Lipinski definition) is 3. The molecule has 2 heterocycles. The number of aromatic nitrogens is 1. The molecule has 0 unspecified atom stereocenters. The zero-order chi connectivity index (χ0) is 14.7. The fraction of sp³-hybridized carbons (Fsp3) is 0.353. The fourth-order valence-electron chi connectivity index (χ4n) is 2.66. The van der Waals surface area contributed by atoms with Crippen molar-refractivity contribution in [3.05, 3.63) is 59.5 Å². The lowest BCUT2D eigenvalue weighted by atomic mass is 9.94. The van der Waals surface area contributed by atoms with Gasteiger partial charge in [-0.05, 0) is 36.6 Å². The van der Waals surface area contributed by atoms with Gasteiger partial charge in [-0.25, -0.2) is 9.37 Å². The molecule has 110 valence electrons. The summed E-state index contributed by atoms with van der Waals surface area (Å²) in [4.78, 5) is 6.67. The summed E-state index contributed by atoms with van der Waals surface area (Å²) in [5.74, 6) is 0.486. The molecule has 0 bridgehead atoms. The first-order chi connectivity index (χ1) is 10.3. The van der Waals surface area contributed by atoms with Gasteiger partial charge in [-0.3, -0.25) is 4.90 Å². The number of halogens is 1. The van der Waals surface area contributed by atoms with Crippen LogP contribution in [0.3, 0.4) is 0 Å². The van der Waals surface area contributed by atoms with Crippen molar-refractivity contribution in [1.29, 1.82) is 0 Å². The lowest BCUT2D eigenvalue weighted by Gasteiger charge is -2.41. The minimum absolute atomic E-state index is 0.180. The molecule has 1 aliphatic heterocycles. The van der Waals surface area contributed by atoms with Crippen LogP contribution in [0.25, 0.3) is 0 Å². The van der Waals surface area contributed by atoms with Crippen molar-refractivity contribution in [3.8, 4) is 5.88 Å². The average molecular weight is 286 g/mol. The molecule has 0 radical (unpaired) electrons. The minimum atomic E-state index is -0.180. The topological polar surface area (TPSA) is 25.4 Å². The van der Waals surface area contributed by atoms with Gasteiger partial charge in [0.2, 0.25) is 5.88 Å². The van der Waals surface area contributed by atoms with E-state index in [0.717, 1.165) is 19.5 Å². The van der Waals surface area contributed by atoms with Crippen LogP contribution in [0.15, 0.2) is 42.6 Å². The highest BCUT2D eigenvalue weighted by molar-refractivity contribution is 5.23. The van der Waals surface area contributed by atoms with Gasteiger partial charge in [0, 0.05) is 31.4 Å². The Labute approximate surface area is 124 Å². The third kappa shape index (κ3) is 3.22. The van der Waals surface area contributed by atoms with Gasteiger partial charge in [0.15, 0.2) is 0 Å². The SMILES string of the molecule is CCOc1ccc(CN2CC[C@H]2c2ccc(F)cc2)cn1. The Morgan fingerprint density at radius 1 is 1.24 bits per heavy atom. The quantitative estimate of drug-likeness (QED) is 0.840. The number of nitrogens with zero attached hydrogens (tertiary/aromatic N) is 2. The average Bonchev–Trinajstić information content (AvgIpc) is 2.48. The van der Waals surface area contributed by atoms with Crippen LogP contribution in [0, 0.1) is 5.82 Å². The molecule has 4 heteroatoms. The van der Waals surface area contributed by atoms with Gasteiger partial charge in [-0.1, -0.05) is 18.2 Å². The Morgan fingerprint density at radius 3 is 2.62 bits per heavy atom. The number of benzene rings is 1. The maximum atomic E-state index is 13.0. The highest BCUT2D eigenvalue weighted by Crippen LogP contribution is 2.34. The van der Waals surface area contributed by atoms with Crippen LogP contribution in [-0.4, -0.2) is 23.0 Å². The largest absolute Gasteiger partial charge is 0.478 e. The van der Waals surface area contributed by atoms with Crippen LogP contribution in [0.2, 0.25) is 0 Å². The molecule has 1 atom stereocenters. The minimum Gasteiger partial charge on any atom is -0.478 e. The monoisotopic (exact) mass is 286 g/mol. The predicted octanol–water partition coefficient (Wildman–Crippen LogP) is 3.57. The molecule has 1 aromatic heterocycles. The second-order valence-corrected chi connectivity index (χ2v) is 5.26. The molecular formula is C17H19FN2O. The third-order valence-electron chi connectivity index (χ3n) is 3.86. The van der Waals surface area contributed by atoms with Crippen molar-refractivity contribution in [2.75, 3.05) is 13.2 Å². The van der Waals surface area contributed by atoms with E-state index >= 15 is 0 Å². The maximum Gasteiger partial charge on any atom is 0.213 e. The van der Waals surface area contributed by atoms with Crippen LogP contribution in [-0.2, 0) is 6.54 Å². The normalized spacial score (nSPS) is 18.3. The second-order valence-electron chi connectivity index (χ2n) is 5.26.